The van der Waals surface area contributed by atoms with Crippen molar-refractivity contribution < 1.29 is 13.2 Å². The molecule has 0 aromatic carbocycles. The fraction of sp³-hybridized carbons (Fsp3) is 0.778. The van der Waals surface area contributed by atoms with E-state index in [1.807, 2.05) is 4.90 Å². The van der Waals surface area contributed by atoms with Crippen LogP contribution in [0.3, 0.4) is 0 Å². The third kappa shape index (κ3) is 2.82. The van der Waals surface area contributed by atoms with E-state index >= 15 is 0 Å². The van der Waals surface area contributed by atoms with E-state index in [9.17, 15) is 13.2 Å². The zero-order valence-corrected chi connectivity index (χ0v) is 10.4. The van der Waals surface area contributed by atoms with Crippen LogP contribution in [0.25, 0.3) is 0 Å². The average Bonchev–Trinajstić information content (AvgIpc) is 2.61. The van der Waals surface area contributed by atoms with Gasteiger partial charge < -0.3 is 4.90 Å². The molecule has 0 spiro atoms. The number of hydrogen-bond acceptors (Lipinski definition) is 4. The van der Waals surface area contributed by atoms with Crippen molar-refractivity contribution in [1.82, 2.24) is 10.2 Å². The van der Waals surface area contributed by atoms with Gasteiger partial charge in [-0.25, -0.2) is 0 Å². The van der Waals surface area contributed by atoms with Crippen molar-refractivity contribution >= 4 is 28.1 Å². The van der Waals surface area contributed by atoms with Gasteiger partial charge in [0.25, 0.3) is 0 Å². The van der Waals surface area contributed by atoms with Gasteiger partial charge >= 0.3 is 6.18 Å². The first-order valence-corrected chi connectivity index (χ1v) is 6.61. The first-order chi connectivity index (χ1) is 8.02. The SMILES string of the molecule is FC(F)(F)c1nnc(N(CCCl)C2CCC2)s1. The Bertz CT molecular complexity index is 378. The third-order valence-electron chi connectivity index (χ3n) is 2.74. The van der Waals surface area contributed by atoms with Gasteiger partial charge in [-0.2, -0.15) is 13.2 Å². The second kappa shape index (κ2) is 4.97. The van der Waals surface area contributed by atoms with Crippen LogP contribution in [0.4, 0.5) is 18.3 Å². The third-order valence-corrected chi connectivity index (χ3v) is 3.92. The van der Waals surface area contributed by atoms with Crippen LogP contribution in [-0.2, 0) is 6.18 Å². The largest absolute Gasteiger partial charge is 0.445 e. The molecule has 0 N–H and O–H groups in total. The van der Waals surface area contributed by atoms with Crippen LogP contribution in [-0.4, -0.2) is 28.7 Å². The molecule has 0 unspecified atom stereocenters. The van der Waals surface area contributed by atoms with Crippen LogP contribution >= 0.6 is 22.9 Å². The molecule has 0 bridgehead atoms. The Morgan fingerprint density at radius 3 is 2.47 bits per heavy atom. The summed E-state index contributed by atoms with van der Waals surface area (Å²) in [6.45, 7) is 0.513. The molecule has 1 aromatic heterocycles. The van der Waals surface area contributed by atoms with E-state index < -0.39 is 11.2 Å². The van der Waals surface area contributed by atoms with Crippen molar-refractivity contribution in [2.75, 3.05) is 17.3 Å². The van der Waals surface area contributed by atoms with Gasteiger partial charge in [0.1, 0.15) is 0 Å². The van der Waals surface area contributed by atoms with E-state index in [0.29, 0.717) is 28.9 Å². The van der Waals surface area contributed by atoms with E-state index in [1.54, 1.807) is 0 Å². The molecular formula is C9H11ClF3N3S. The number of aromatic nitrogens is 2. The summed E-state index contributed by atoms with van der Waals surface area (Å²) in [6, 6.07) is 0.266. The van der Waals surface area contributed by atoms with Crippen molar-refractivity contribution in [3.05, 3.63) is 5.01 Å². The Balaban J connectivity index is 2.15. The van der Waals surface area contributed by atoms with Gasteiger partial charge in [-0.1, -0.05) is 11.3 Å². The van der Waals surface area contributed by atoms with Crippen molar-refractivity contribution in [2.24, 2.45) is 0 Å². The Morgan fingerprint density at radius 2 is 2.06 bits per heavy atom. The molecule has 8 heteroatoms. The van der Waals surface area contributed by atoms with Gasteiger partial charge in [-0.15, -0.1) is 21.8 Å². The monoisotopic (exact) mass is 285 g/mol. The lowest BCUT2D eigenvalue weighted by Crippen LogP contribution is -2.41. The summed E-state index contributed by atoms with van der Waals surface area (Å²) in [4.78, 5) is 1.84. The molecule has 3 nitrogen and oxygen atoms in total. The summed E-state index contributed by atoms with van der Waals surface area (Å²) >= 11 is 6.25. The predicted molar refractivity (Wildman–Crippen MR) is 60.6 cm³/mol. The smallest absolute Gasteiger partial charge is 0.342 e. The molecule has 0 aliphatic heterocycles. The zero-order chi connectivity index (χ0) is 12.5. The highest BCUT2D eigenvalue weighted by atomic mass is 35.5. The molecule has 17 heavy (non-hydrogen) atoms. The highest BCUT2D eigenvalue weighted by Crippen LogP contribution is 2.37. The minimum absolute atomic E-state index is 0.266. The Morgan fingerprint density at radius 1 is 1.35 bits per heavy atom. The average molecular weight is 286 g/mol. The van der Waals surface area contributed by atoms with Crippen LogP contribution in [0, 0.1) is 0 Å². The first kappa shape index (κ1) is 12.9. The fourth-order valence-corrected chi connectivity index (χ4v) is 2.66. The lowest BCUT2D eigenvalue weighted by Gasteiger charge is -2.36. The van der Waals surface area contributed by atoms with Crippen molar-refractivity contribution in [1.29, 1.82) is 0 Å². The summed E-state index contributed by atoms with van der Waals surface area (Å²) < 4.78 is 37.2. The minimum atomic E-state index is -4.41. The summed E-state index contributed by atoms with van der Waals surface area (Å²) in [6.07, 6.45) is -1.34. The van der Waals surface area contributed by atoms with Crippen molar-refractivity contribution in [2.45, 2.75) is 31.5 Å². The maximum absolute atomic E-state index is 12.4. The molecule has 1 aliphatic carbocycles. The van der Waals surface area contributed by atoms with E-state index in [2.05, 4.69) is 10.2 Å². The second-order valence-corrected chi connectivity index (χ2v) is 5.19. The lowest BCUT2D eigenvalue weighted by molar-refractivity contribution is -0.138. The minimum Gasteiger partial charge on any atom is -0.342 e. The number of hydrogen-bond donors (Lipinski definition) is 0. The number of nitrogens with zero attached hydrogens (tertiary/aromatic N) is 3. The second-order valence-electron chi connectivity index (χ2n) is 3.85. The van der Waals surface area contributed by atoms with Crippen LogP contribution in [0.1, 0.15) is 24.3 Å². The molecule has 0 radical (unpaired) electrons. The van der Waals surface area contributed by atoms with E-state index in [0.717, 1.165) is 19.3 Å². The van der Waals surface area contributed by atoms with Gasteiger partial charge in [-0.05, 0) is 19.3 Å². The highest BCUT2D eigenvalue weighted by molar-refractivity contribution is 7.15. The van der Waals surface area contributed by atoms with Gasteiger partial charge in [0.2, 0.25) is 10.1 Å². The van der Waals surface area contributed by atoms with Crippen molar-refractivity contribution in [3.8, 4) is 0 Å². The van der Waals surface area contributed by atoms with Gasteiger partial charge in [0, 0.05) is 18.5 Å². The van der Waals surface area contributed by atoms with E-state index in [4.69, 9.17) is 11.6 Å². The Hall–Kier alpha value is -0.560. The summed E-state index contributed by atoms with van der Waals surface area (Å²) in [7, 11) is 0. The summed E-state index contributed by atoms with van der Waals surface area (Å²) in [5.41, 5.74) is 0. The lowest BCUT2D eigenvalue weighted by atomic mass is 9.92. The maximum atomic E-state index is 12.4. The molecule has 96 valence electrons. The van der Waals surface area contributed by atoms with Crippen LogP contribution < -0.4 is 4.90 Å². The molecule has 0 amide bonds. The Labute approximate surface area is 106 Å². The summed E-state index contributed by atoms with van der Waals surface area (Å²) in [5, 5.41) is 6.24. The van der Waals surface area contributed by atoms with Gasteiger partial charge in [0.15, 0.2) is 0 Å². The molecular weight excluding hydrogens is 275 g/mol. The van der Waals surface area contributed by atoms with E-state index in [-0.39, 0.29) is 6.04 Å². The number of halogens is 4. The quantitative estimate of drug-likeness (QED) is 0.796. The Kier molecular flexibility index (Phi) is 3.77. The molecule has 1 aliphatic rings. The number of anilines is 1. The van der Waals surface area contributed by atoms with E-state index in [1.165, 1.54) is 0 Å². The molecule has 2 rings (SSSR count). The van der Waals surface area contributed by atoms with Gasteiger partial charge in [-0.3, -0.25) is 0 Å². The van der Waals surface area contributed by atoms with Gasteiger partial charge in [0.05, 0.1) is 0 Å². The van der Waals surface area contributed by atoms with Crippen molar-refractivity contribution in [3.63, 3.8) is 0 Å². The molecule has 1 saturated carbocycles. The predicted octanol–water partition coefficient (Wildman–Crippen LogP) is 3.15. The van der Waals surface area contributed by atoms with Crippen LogP contribution in [0.5, 0.6) is 0 Å². The topological polar surface area (TPSA) is 29.0 Å². The number of alkyl halides is 4. The molecule has 0 saturated heterocycles. The molecule has 1 fully saturated rings. The normalized spacial score (nSPS) is 16.9. The zero-order valence-electron chi connectivity index (χ0n) is 8.87. The highest BCUT2D eigenvalue weighted by Gasteiger charge is 2.37. The summed E-state index contributed by atoms with van der Waals surface area (Å²) in [5.74, 6) is 0.372. The molecule has 1 heterocycles. The standard InChI is InChI=1S/C9H11ClF3N3S/c10-4-5-16(6-2-1-3-6)8-15-14-7(17-8)9(11,12)13/h6H,1-5H2. The number of rotatable bonds is 4. The maximum Gasteiger partial charge on any atom is 0.445 e. The fourth-order valence-electron chi connectivity index (χ4n) is 1.67. The van der Waals surface area contributed by atoms with Crippen LogP contribution in [0.2, 0.25) is 0 Å². The van der Waals surface area contributed by atoms with Crippen LogP contribution in [0.15, 0.2) is 0 Å². The molecule has 0 atom stereocenters. The molecule has 1 aromatic rings. The first-order valence-electron chi connectivity index (χ1n) is 5.25.